The maximum atomic E-state index is 12.1. The highest BCUT2D eigenvalue weighted by molar-refractivity contribution is 5.91. The predicted octanol–water partition coefficient (Wildman–Crippen LogP) is 3.09. The molecular weight excluding hydrogens is 346 g/mol. The van der Waals surface area contributed by atoms with E-state index >= 15 is 0 Å². The SMILES string of the molecule is COc1ccc(OC)c(CCNC(=O)C=Cc2ccc(OC)c(OC)c2)c1. The van der Waals surface area contributed by atoms with Crippen molar-refractivity contribution in [3.05, 3.63) is 53.6 Å². The fourth-order valence-corrected chi connectivity index (χ4v) is 2.58. The topological polar surface area (TPSA) is 66.0 Å². The molecule has 0 saturated carbocycles. The van der Waals surface area contributed by atoms with Crippen LogP contribution in [0.25, 0.3) is 6.08 Å². The lowest BCUT2D eigenvalue weighted by molar-refractivity contribution is -0.116. The van der Waals surface area contributed by atoms with Crippen LogP contribution in [0.2, 0.25) is 0 Å². The molecule has 144 valence electrons. The molecule has 6 heteroatoms. The van der Waals surface area contributed by atoms with Gasteiger partial charge in [-0.05, 0) is 54.0 Å². The van der Waals surface area contributed by atoms with Crippen LogP contribution in [-0.4, -0.2) is 40.9 Å². The van der Waals surface area contributed by atoms with Gasteiger partial charge in [0.1, 0.15) is 11.5 Å². The number of hydrogen-bond donors (Lipinski definition) is 1. The average Bonchev–Trinajstić information content (AvgIpc) is 2.71. The molecule has 0 aliphatic carbocycles. The molecule has 0 aliphatic rings. The highest BCUT2D eigenvalue weighted by atomic mass is 16.5. The van der Waals surface area contributed by atoms with E-state index in [-0.39, 0.29) is 5.91 Å². The highest BCUT2D eigenvalue weighted by Crippen LogP contribution is 2.28. The number of benzene rings is 2. The molecule has 0 fully saturated rings. The quantitative estimate of drug-likeness (QED) is 0.686. The fourth-order valence-electron chi connectivity index (χ4n) is 2.58. The van der Waals surface area contributed by atoms with E-state index < -0.39 is 0 Å². The molecule has 0 spiro atoms. The zero-order valence-electron chi connectivity index (χ0n) is 16.1. The van der Waals surface area contributed by atoms with Crippen molar-refractivity contribution in [1.29, 1.82) is 0 Å². The number of hydrogen-bond acceptors (Lipinski definition) is 5. The molecule has 0 aliphatic heterocycles. The van der Waals surface area contributed by atoms with Gasteiger partial charge >= 0.3 is 0 Å². The first-order valence-corrected chi connectivity index (χ1v) is 8.50. The summed E-state index contributed by atoms with van der Waals surface area (Å²) in [6.07, 6.45) is 3.85. The minimum atomic E-state index is -0.174. The molecule has 1 N–H and O–H groups in total. The Morgan fingerprint density at radius 2 is 1.59 bits per heavy atom. The summed E-state index contributed by atoms with van der Waals surface area (Å²) < 4.78 is 21.0. The minimum Gasteiger partial charge on any atom is -0.497 e. The number of amides is 1. The Hall–Kier alpha value is -3.15. The van der Waals surface area contributed by atoms with Crippen LogP contribution in [-0.2, 0) is 11.2 Å². The summed E-state index contributed by atoms with van der Waals surface area (Å²) in [6, 6.07) is 11.1. The summed E-state index contributed by atoms with van der Waals surface area (Å²) in [6.45, 7) is 0.485. The van der Waals surface area contributed by atoms with Crippen LogP contribution in [0, 0.1) is 0 Å². The van der Waals surface area contributed by atoms with Gasteiger partial charge in [0.05, 0.1) is 28.4 Å². The number of nitrogens with one attached hydrogen (secondary N) is 1. The van der Waals surface area contributed by atoms with E-state index in [1.165, 1.54) is 6.08 Å². The number of carbonyl (C=O) groups is 1. The van der Waals surface area contributed by atoms with Gasteiger partial charge < -0.3 is 24.3 Å². The van der Waals surface area contributed by atoms with Crippen LogP contribution >= 0.6 is 0 Å². The third kappa shape index (κ3) is 5.67. The van der Waals surface area contributed by atoms with Crippen molar-refractivity contribution >= 4 is 12.0 Å². The van der Waals surface area contributed by atoms with Crippen molar-refractivity contribution in [2.24, 2.45) is 0 Å². The number of rotatable bonds is 9. The van der Waals surface area contributed by atoms with Gasteiger partial charge in [-0.1, -0.05) is 6.07 Å². The van der Waals surface area contributed by atoms with Gasteiger partial charge in [0, 0.05) is 12.6 Å². The molecule has 1 amide bonds. The van der Waals surface area contributed by atoms with E-state index in [0.29, 0.717) is 24.5 Å². The Balaban J connectivity index is 1.92. The second-order valence-electron chi connectivity index (χ2n) is 5.67. The normalized spacial score (nSPS) is 10.5. The Kier molecular flexibility index (Phi) is 7.55. The summed E-state index contributed by atoms with van der Waals surface area (Å²) in [5.74, 6) is 2.61. The Morgan fingerprint density at radius 1 is 0.889 bits per heavy atom. The number of ether oxygens (including phenoxy) is 4. The van der Waals surface area contributed by atoms with E-state index in [1.807, 2.05) is 30.3 Å². The van der Waals surface area contributed by atoms with E-state index in [2.05, 4.69) is 5.32 Å². The molecular formula is C21H25NO5. The Morgan fingerprint density at radius 3 is 2.26 bits per heavy atom. The molecule has 0 atom stereocenters. The Bertz CT molecular complexity index is 801. The minimum absolute atomic E-state index is 0.174. The molecule has 6 nitrogen and oxygen atoms in total. The molecule has 0 radical (unpaired) electrons. The highest BCUT2D eigenvalue weighted by Gasteiger charge is 2.06. The van der Waals surface area contributed by atoms with Crippen LogP contribution in [0.1, 0.15) is 11.1 Å². The third-order valence-corrected chi connectivity index (χ3v) is 4.02. The smallest absolute Gasteiger partial charge is 0.244 e. The summed E-state index contributed by atoms with van der Waals surface area (Å²) in [5, 5.41) is 2.86. The first-order chi connectivity index (χ1) is 13.1. The van der Waals surface area contributed by atoms with Crippen LogP contribution in [0.5, 0.6) is 23.0 Å². The molecule has 0 saturated heterocycles. The van der Waals surface area contributed by atoms with Crippen molar-refractivity contribution in [2.45, 2.75) is 6.42 Å². The lowest BCUT2D eigenvalue weighted by Gasteiger charge is -2.10. The number of carbonyl (C=O) groups excluding carboxylic acids is 1. The van der Waals surface area contributed by atoms with Gasteiger partial charge in [-0.25, -0.2) is 0 Å². The van der Waals surface area contributed by atoms with E-state index in [9.17, 15) is 4.79 Å². The van der Waals surface area contributed by atoms with Crippen LogP contribution in [0.3, 0.4) is 0 Å². The maximum absolute atomic E-state index is 12.1. The molecule has 27 heavy (non-hydrogen) atoms. The van der Waals surface area contributed by atoms with Crippen molar-refractivity contribution in [2.75, 3.05) is 35.0 Å². The van der Waals surface area contributed by atoms with Gasteiger partial charge in [0.15, 0.2) is 11.5 Å². The summed E-state index contributed by atoms with van der Waals surface area (Å²) in [5.41, 5.74) is 1.82. The van der Waals surface area contributed by atoms with Crippen molar-refractivity contribution in [3.63, 3.8) is 0 Å². The first-order valence-electron chi connectivity index (χ1n) is 8.50. The Labute approximate surface area is 159 Å². The van der Waals surface area contributed by atoms with Gasteiger partial charge in [-0.2, -0.15) is 0 Å². The molecule has 0 heterocycles. The van der Waals surface area contributed by atoms with Crippen LogP contribution in [0.4, 0.5) is 0 Å². The van der Waals surface area contributed by atoms with Gasteiger partial charge in [-0.3, -0.25) is 4.79 Å². The van der Waals surface area contributed by atoms with Crippen LogP contribution < -0.4 is 24.3 Å². The molecule has 0 unspecified atom stereocenters. The van der Waals surface area contributed by atoms with E-state index in [0.717, 1.165) is 22.6 Å². The standard InChI is InChI=1S/C21H25NO5/c1-24-17-7-9-18(25-2)16(14-17)11-12-22-21(23)10-6-15-5-8-19(26-3)20(13-15)27-4/h5-10,13-14H,11-12H2,1-4H3,(H,22,23). The van der Waals surface area contributed by atoms with E-state index in [1.54, 1.807) is 40.6 Å². The van der Waals surface area contributed by atoms with Gasteiger partial charge in [0.2, 0.25) is 5.91 Å². The van der Waals surface area contributed by atoms with Gasteiger partial charge in [-0.15, -0.1) is 0 Å². The lowest BCUT2D eigenvalue weighted by atomic mass is 10.1. The van der Waals surface area contributed by atoms with Gasteiger partial charge in [0.25, 0.3) is 0 Å². The summed E-state index contributed by atoms with van der Waals surface area (Å²) in [7, 11) is 6.39. The molecule has 2 aromatic rings. The van der Waals surface area contributed by atoms with Crippen molar-refractivity contribution in [1.82, 2.24) is 5.32 Å². The third-order valence-electron chi connectivity index (χ3n) is 4.02. The van der Waals surface area contributed by atoms with Crippen LogP contribution in [0.15, 0.2) is 42.5 Å². The zero-order chi connectivity index (χ0) is 19.6. The predicted molar refractivity (Wildman–Crippen MR) is 105 cm³/mol. The second-order valence-corrected chi connectivity index (χ2v) is 5.67. The molecule has 2 rings (SSSR count). The summed E-state index contributed by atoms with van der Waals surface area (Å²) in [4.78, 5) is 12.1. The molecule has 0 bridgehead atoms. The van der Waals surface area contributed by atoms with Crippen molar-refractivity contribution in [3.8, 4) is 23.0 Å². The first kappa shape index (κ1) is 20.2. The summed E-state index contributed by atoms with van der Waals surface area (Å²) >= 11 is 0. The van der Waals surface area contributed by atoms with E-state index in [4.69, 9.17) is 18.9 Å². The number of methoxy groups -OCH3 is 4. The zero-order valence-corrected chi connectivity index (χ0v) is 16.1. The maximum Gasteiger partial charge on any atom is 0.244 e. The average molecular weight is 371 g/mol. The van der Waals surface area contributed by atoms with Crippen molar-refractivity contribution < 1.29 is 23.7 Å². The lowest BCUT2D eigenvalue weighted by Crippen LogP contribution is -2.23. The molecule has 0 aromatic heterocycles. The molecule has 2 aromatic carbocycles. The largest absolute Gasteiger partial charge is 0.497 e. The fraction of sp³-hybridized carbons (Fsp3) is 0.286. The second kappa shape index (κ2) is 10.1. The monoisotopic (exact) mass is 371 g/mol.